The van der Waals surface area contributed by atoms with Crippen molar-refractivity contribution in [3.63, 3.8) is 0 Å². The van der Waals surface area contributed by atoms with Gasteiger partial charge >= 0.3 is 6.09 Å². The summed E-state index contributed by atoms with van der Waals surface area (Å²) in [7, 11) is 0. The molecular weight excluding hydrogens is 584 g/mol. The van der Waals surface area contributed by atoms with Crippen LogP contribution >= 0.6 is 11.6 Å². The predicted molar refractivity (Wildman–Crippen MR) is 160 cm³/mol. The van der Waals surface area contributed by atoms with E-state index < -0.39 is 52.6 Å². The molecule has 5 N–H and O–H groups in total. The summed E-state index contributed by atoms with van der Waals surface area (Å²) in [5.41, 5.74) is 3.90. The van der Waals surface area contributed by atoms with E-state index in [1.807, 2.05) is 6.92 Å². The number of amides is 3. The molecule has 1 aromatic heterocycles. The average Bonchev–Trinajstić information content (AvgIpc) is 3.45. The second-order valence-corrected chi connectivity index (χ2v) is 13.3. The van der Waals surface area contributed by atoms with Crippen molar-refractivity contribution in [1.29, 1.82) is 0 Å². The maximum atomic E-state index is 14.3. The molecule has 5 atom stereocenters. The van der Waals surface area contributed by atoms with Gasteiger partial charge in [0.15, 0.2) is 5.69 Å². The number of halogens is 3. The van der Waals surface area contributed by atoms with Crippen LogP contribution in [0.1, 0.15) is 78.8 Å². The molecule has 3 amide bonds. The Kier molecular flexibility index (Phi) is 10.8. The number of aromatic amines is 1. The topological polar surface area (TPSA) is 158 Å². The van der Waals surface area contributed by atoms with Gasteiger partial charge in [-0.15, -0.1) is 0 Å². The number of benzene rings is 1. The number of carboxylic acid groups (broad SMARTS) is 1. The van der Waals surface area contributed by atoms with Crippen LogP contribution in [0.25, 0.3) is 11.0 Å². The van der Waals surface area contributed by atoms with Crippen molar-refractivity contribution < 1.29 is 28.3 Å². The Hall–Kier alpha value is -3.28. The van der Waals surface area contributed by atoms with Gasteiger partial charge in [0.25, 0.3) is 11.5 Å². The number of rotatable bonds is 9. The Bertz CT molecular complexity index is 1400. The van der Waals surface area contributed by atoms with E-state index in [-0.39, 0.29) is 12.3 Å². The molecule has 0 bridgehead atoms. The van der Waals surface area contributed by atoms with E-state index in [1.54, 1.807) is 26.8 Å². The van der Waals surface area contributed by atoms with Crippen LogP contribution < -0.4 is 16.6 Å². The van der Waals surface area contributed by atoms with Crippen LogP contribution in [0.4, 0.5) is 13.6 Å². The summed E-state index contributed by atoms with van der Waals surface area (Å²) in [6, 6.07) is 3.02. The molecule has 2 aromatic rings. The summed E-state index contributed by atoms with van der Waals surface area (Å²) >= 11 is 5.83. The summed E-state index contributed by atoms with van der Waals surface area (Å²) in [6.45, 7) is 9.77. The Morgan fingerprint density at radius 2 is 1.86 bits per heavy atom. The third-order valence-corrected chi connectivity index (χ3v) is 8.48. The van der Waals surface area contributed by atoms with E-state index in [4.69, 9.17) is 22.4 Å². The van der Waals surface area contributed by atoms with E-state index >= 15 is 0 Å². The number of alkyl halides is 2. The highest BCUT2D eigenvalue weighted by Crippen LogP contribution is 2.42. The van der Waals surface area contributed by atoms with Gasteiger partial charge in [-0.1, -0.05) is 59.1 Å². The minimum absolute atomic E-state index is 0.0121. The van der Waals surface area contributed by atoms with Crippen molar-refractivity contribution in [1.82, 2.24) is 20.2 Å². The predicted octanol–water partition coefficient (Wildman–Crippen LogP) is 5.28. The molecule has 1 aromatic carbocycles. The SMILES string of the molecule is CC1CC1CCCCC(F)(F)c1nc2ccc(Cl)cc2[nH]c1=O.CC1CCN(C(=O)[C@@H](NC(=O)O)C(C)(C)C)C1C(N)=O. The second kappa shape index (κ2) is 13.6. The van der Waals surface area contributed by atoms with Crippen LogP contribution in [0.15, 0.2) is 23.0 Å². The third kappa shape index (κ3) is 8.87. The number of unbranched alkanes of at least 4 members (excludes halogenated alkanes) is 1. The zero-order valence-electron chi connectivity index (χ0n) is 25.3. The largest absolute Gasteiger partial charge is 0.465 e. The van der Waals surface area contributed by atoms with E-state index in [1.165, 1.54) is 23.5 Å². The highest BCUT2D eigenvalue weighted by Gasteiger charge is 2.44. The van der Waals surface area contributed by atoms with Gasteiger partial charge in [-0.3, -0.25) is 14.4 Å². The molecule has 1 saturated carbocycles. The van der Waals surface area contributed by atoms with Crippen LogP contribution in [-0.4, -0.2) is 56.5 Å². The fourth-order valence-corrected chi connectivity index (χ4v) is 5.72. The fraction of sp³-hybridized carbons (Fsp3) is 0.633. The number of carbonyl (C=O) groups excluding carboxylic acids is 2. The lowest BCUT2D eigenvalue weighted by molar-refractivity contribution is -0.141. The number of hydrogen-bond acceptors (Lipinski definition) is 5. The van der Waals surface area contributed by atoms with E-state index in [0.29, 0.717) is 41.4 Å². The molecule has 10 nitrogen and oxygen atoms in total. The zero-order chi connectivity index (χ0) is 32.3. The molecule has 13 heteroatoms. The molecule has 238 valence electrons. The Labute approximate surface area is 254 Å². The average molecular weight is 626 g/mol. The Morgan fingerprint density at radius 1 is 1.21 bits per heavy atom. The summed E-state index contributed by atoms with van der Waals surface area (Å²) < 4.78 is 28.7. The number of primary amides is 1. The third-order valence-electron chi connectivity index (χ3n) is 8.25. The summed E-state index contributed by atoms with van der Waals surface area (Å²) in [5.74, 6) is -2.72. The fourth-order valence-electron chi connectivity index (χ4n) is 5.55. The van der Waals surface area contributed by atoms with Gasteiger partial charge in [0, 0.05) is 18.0 Å². The Morgan fingerprint density at radius 3 is 2.42 bits per heavy atom. The number of carbonyl (C=O) groups is 3. The maximum absolute atomic E-state index is 14.3. The lowest BCUT2D eigenvalue weighted by Crippen LogP contribution is -2.57. The number of hydrogen-bond donors (Lipinski definition) is 4. The molecule has 1 aliphatic carbocycles. The minimum Gasteiger partial charge on any atom is -0.465 e. The highest BCUT2D eigenvalue weighted by molar-refractivity contribution is 6.31. The molecule has 2 fully saturated rings. The van der Waals surface area contributed by atoms with Gasteiger partial charge < -0.3 is 26.0 Å². The van der Waals surface area contributed by atoms with Crippen molar-refractivity contribution >= 4 is 40.5 Å². The lowest BCUT2D eigenvalue weighted by atomic mass is 9.85. The number of nitrogens with two attached hydrogens (primary N) is 1. The van der Waals surface area contributed by atoms with Crippen LogP contribution in [0, 0.1) is 23.2 Å². The molecule has 1 saturated heterocycles. The second-order valence-electron chi connectivity index (χ2n) is 12.9. The Balaban J connectivity index is 0.000000238. The van der Waals surface area contributed by atoms with Gasteiger partial charge in [-0.2, -0.15) is 8.78 Å². The molecule has 0 radical (unpaired) electrons. The number of nitrogens with one attached hydrogen (secondary N) is 2. The molecule has 43 heavy (non-hydrogen) atoms. The van der Waals surface area contributed by atoms with Crippen LogP contribution in [0.2, 0.25) is 5.02 Å². The minimum atomic E-state index is -3.21. The van der Waals surface area contributed by atoms with Gasteiger partial charge in [0.1, 0.15) is 12.1 Å². The molecule has 0 spiro atoms. The van der Waals surface area contributed by atoms with Crippen molar-refractivity contribution in [2.24, 2.45) is 28.9 Å². The van der Waals surface area contributed by atoms with E-state index in [9.17, 15) is 28.0 Å². The van der Waals surface area contributed by atoms with Crippen LogP contribution in [0.3, 0.4) is 0 Å². The highest BCUT2D eigenvalue weighted by atomic mass is 35.5. The normalized spacial score (nSPS) is 22.5. The molecule has 1 aliphatic heterocycles. The summed E-state index contributed by atoms with van der Waals surface area (Å²) in [6.07, 6.45) is 2.46. The number of fused-ring (bicyclic) bond motifs is 1. The summed E-state index contributed by atoms with van der Waals surface area (Å²) in [5, 5.41) is 11.6. The lowest BCUT2D eigenvalue weighted by Gasteiger charge is -2.34. The van der Waals surface area contributed by atoms with Crippen molar-refractivity contribution in [3.05, 3.63) is 39.3 Å². The monoisotopic (exact) mass is 625 g/mol. The quantitative estimate of drug-likeness (QED) is 0.278. The number of likely N-dealkylation sites (tertiary alicyclic amines) is 1. The first-order valence-corrected chi connectivity index (χ1v) is 15.0. The number of nitrogens with zero attached hydrogens (tertiary/aromatic N) is 2. The van der Waals surface area contributed by atoms with Gasteiger partial charge in [-0.25, -0.2) is 9.78 Å². The van der Waals surface area contributed by atoms with Gasteiger partial charge in [-0.05, 0) is 60.6 Å². The van der Waals surface area contributed by atoms with Gasteiger partial charge in [0.2, 0.25) is 11.8 Å². The van der Waals surface area contributed by atoms with Gasteiger partial charge in [0.05, 0.1) is 11.0 Å². The van der Waals surface area contributed by atoms with Crippen molar-refractivity contribution in [2.75, 3.05) is 6.54 Å². The number of aromatic nitrogens is 2. The van der Waals surface area contributed by atoms with E-state index in [2.05, 4.69) is 22.2 Å². The smallest absolute Gasteiger partial charge is 0.405 e. The van der Waals surface area contributed by atoms with Crippen molar-refractivity contribution in [3.8, 4) is 0 Å². The number of H-pyrrole nitrogens is 1. The summed E-state index contributed by atoms with van der Waals surface area (Å²) in [4.78, 5) is 54.6. The molecule has 4 unspecified atom stereocenters. The van der Waals surface area contributed by atoms with Crippen LogP contribution in [-0.2, 0) is 15.5 Å². The first-order valence-electron chi connectivity index (χ1n) is 14.6. The van der Waals surface area contributed by atoms with E-state index in [0.717, 1.165) is 18.8 Å². The molecule has 4 rings (SSSR count). The molecule has 2 aliphatic rings. The molecular formula is C30H42ClF2N5O5. The van der Waals surface area contributed by atoms with Crippen LogP contribution in [0.5, 0.6) is 0 Å². The molecule has 2 heterocycles. The first kappa shape index (κ1) is 34.2. The maximum Gasteiger partial charge on any atom is 0.405 e. The first-order chi connectivity index (χ1) is 19.9. The van der Waals surface area contributed by atoms with Crippen molar-refractivity contribution in [2.45, 2.75) is 91.1 Å². The standard InChI is InChI=1S/C17H19ClF2N2O.C13H23N3O4/c1-10-8-11(10)4-2-3-7-17(19,20)15-16(23)22-14-9-12(18)5-6-13(14)21-15;1-7-5-6-16(8(7)10(14)17)11(18)9(13(2,3)4)15-12(19)20/h5-6,9-11H,2-4,7-8H2,1H3,(H,22,23);7-9,15H,5-6H2,1-4H3,(H2,14,17)(H,19,20)/t;7?,8?,9-/m.1/s1. The zero-order valence-corrected chi connectivity index (χ0v) is 26.0.